The summed E-state index contributed by atoms with van der Waals surface area (Å²) in [5, 5.41) is 3.59. The molecule has 2 aromatic carbocycles. The van der Waals surface area contributed by atoms with E-state index in [9.17, 15) is 0 Å². The molecule has 0 bridgehead atoms. The molecule has 0 saturated carbocycles. The lowest BCUT2D eigenvalue weighted by atomic mass is 10.0. The summed E-state index contributed by atoms with van der Waals surface area (Å²) in [5.41, 5.74) is 5.44. The summed E-state index contributed by atoms with van der Waals surface area (Å²) >= 11 is 3.47. The Labute approximate surface area is 124 Å². The van der Waals surface area contributed by atoms with Gasteiger partial charge in [0.1, 0.15) is 0 Å². The number of aryl methyl sites for hydroxylation is 1. The van der Waals surface area contributed by atoms with Crippen molar-refractivity contribution in [3.05, 3.63) is 69.2 Å². The maximum Gasteiger partial charge on any atom is 0.0294 e. The first-order valence-corrected chi connectivity index (χ1v) is 7.41. The number of rotatable bonds is 4. The van der Waals surface area contributed by atoms with E-state index in [1.165, 1.54) is 22.3 Å². The van der Waals surface area contributed by atoms with Crippen LogP contribution in [0.4, 0.5) is 0 Å². The van der Waals surface area contributed by atoms with E-state index >= 15 is 0 Å². The van der Waals surface area contributed by atoms with Crippen molar-refractivity contribution in [1.82, 2.24) is 5.32 Å². The summed E-state index contributed by atoms with van der Waals surface area (Å²) in [7, 11) is 0. The Morgan fingerprint density at radius 3 is 2.42 bits per heavy atom. The zero-order valence-corrected chi connectivity index (χ0v) is 13.3. The van der Waals surface area contributed by atoms with Crippen LogP contribution in [-0.2, 0) is 6.54 Å². The minimum atomic E-state index is 0.355. The van der Waals surface area contributed by atoms with Crippen LogP contribution < -0.4 is 5.32 Å². The summed E-state index contributed by atoms with van der Waals surface area (Å²) in [4.78, 5) is 0. The molecule has 0 spiro atoms. The second-order valence-corrected chi connectivity index (χ2v) is 5.93. The van der Waals surface area contributed by atoms with Gasteiger partial charge in [0.05, 0.1) is 0 Å². The normalized spacial score (nSPS) is 12.4. The predicted octanol–water partition coefficient (Wildman–Crippen LogP) is 4.92. The second kappa shape index (κ2) is 6.36. The van der Waals surface area contributed by atoms with E-state index in [0.29, 0.717) is 6.04 Å². The van der Waals surface area contributed by atoms with Crippen molar-refractivity contribution in [1.29, 1.82) is 0 Å². The molecule has 0 aliphatic carbocycles. The van der Waals surface area contributed by atoms with E-state index in [2.05, 4.69) is 84.5 Å². The van der Waals surface area contributed by atoms with E-state index in [1.807, 2.05) is 0 Å². The Morgan fingerprint density at radius 2 is 1.74 bits per heavy atom. The molecule has 2 aromatic rings. The van der Waals surface area contributed by atoms with Crippen molar-refractivity contribution >= 4 is 15.9 Å². The van der Waals surface area contributed by atoms with Crippen LogP contribution in [0.15, 0.2) is 46.9 Å². The molecule has 0 aromatic heterocycles. The second-order valence-electron chi connectivity index (χ2n) is 5.01. The maximum absolute atomic E-state index is 3.59. The van der Waals surface area contributed by atoms with Crippen LogP contribution in [0.2, 0.25) is 0 Å². The number of hydrogen-bond donors (Lipinski definition) is 1. The van der Waals surface area contributed by atoms with Crippen LogP contribution in [-0.4, -0.2) is 0 Å². The van der Waals surface area contributed by atoms with Gasteiger partial charge in [0.15, 0.2) is 0 Å². The van der Waals surface area contributed by atoms with E-state index in [0.717, 1.165) is 11.0 Å². The molecule has 2 heteroatoms. The molecule has 2 rings (SSSR count). The molecular formula is C17H20BrN. The van der Waals surface area contributed by atoms with Gasteiger partial charge in [-0.15, -0.1) is 0 Å². The number of nitrogens with one attached hydrogen (secondary N) is 1. The van der Waals surface area contributed by atoms with Gasteiger partial charge in [0.2, 0.25) is 0 Å². The van der Waals surface area contributed by atoms with Crippen molar-refractivity contribution in [2.75, 3.05) is 0 Å². The van der Waals surface area contributed by atoms with Crippen molar-refractivity contribution in [3.8, 4) is 0 Å². The van der Waals surface area contributed by atoms with E-state index in [4.69, 9.17) is 0 Å². The smallest absolute Gasteiger partial charge is 0.0294 e. The van der Waals surface area contributed by atoms with E-state index in [1.54, 1.807) is 0 Å². The lowest BCUT2D eigenvalue weighted by molar-refractivity contribution is 0.573. The average molecular weight is 318 g/mol. The number of halogens is 1. The standard InChI is InChI=1S/C17H20BrN/c1-12-5-4-6-16(13(12)2)11-19-14(3)15-7-9-17(18)10-8-15/h4-10,14,19H,11H2,1-3H3. The quantitative estimate of drug-likeness (QED) is 0.844. The molecule has 0 aliphatic rings. The van der Waals surface area contributed by atoms with Gasteiger partial charge in [-0.3, -0.25) is 0 Å². The van der Waals surface area contributed by atoms with Gasteiger partial charge in [-0.2, -0.15) is 0 Å². The molecule has 19 heavy (non-hydrogen) atoms. The first-order chi connectivity index (χ1) is 9.08. The molecule has 1 unspecified atom stereocenters. The van der Waals surface area contributed by atoms with Gasteiger partial charge in [-0.05, 0) is 55.2 Å². The Bertz CT molecular complexity index is 546. The highest BCUT2D eigenvalue weighted by molar-refractivity contribution is 9.10. The molecule has 0 radical (unpaired) electrons. The number of hydrogen-bond acceptors (Lipinski definition) is 1. The first kappa shape index (κ1) is 14.3. The Morgan fingerprint density at radius 1 is 1.05 bits per heavy atom. The lowest BCUT2D eigenvalue weighted by Crippen LogP contribution is -2.18. The third-order valence-electron chi connectivity index (χ3n) is 3.69. The van der Waals surface area contributed by atoms with Crippen LogP contribution in [0.1, 0.15) is 35.2 Å². The molecule has 0 aliphatic heterocycles. The largest absolute Gasteiger partial charge is 0.306 e. The van der Waals surface area contributed by atoms with Crippen LogP contribution >= 0.6 is 15.9 Å². The van der Waals surface area contributed by atoms with E-state index < -0.39 is 0 Å². The van der Waals surface area contributed by atoms with Gasteiger partial charge >= 0.3 is 0 Å². The molecular weight excluding hydrogens is 298 g/mol. The van der Waals surface area contributed by atoms with Crippen molar-refractivity contribution in [2.45, 2.75) is 33.4 Å². The highest BCUT2D eigenvalue weighted by Crippen LogP contribution is 2.18. The summed E-state index contributed by atoms with van der Waals surface area (Å²) in [5.74, 6) is 0. The fourth-order valence-corrected chi connectivity index (χ4v) is 2.40. The summed E-state index contributed by atoms with van der Waals surface area (Å²) in [6, 6.07) is 15.3. The fourth-order valence-electron chi connectivity index (χ4n) is 2.14. The van der Waals surface area contributed by atoms with Gasteiger partial charge in [-0.25, -0.2) is 0 Å². The third-order valence-corrected chi connectivity index (χ3v) is 4.21. The zero-order valence-electron chi connectivity index (χ0n) is 11.7. The average Bonchev–Trinajstić information content (AvgIpc) is 2.41. The maximum atomic E-state index is 3.59. The monoisotopic (exact) mass is 317 g/mol. The van der Waals surface area contributed by atoms with Crippen LogP contribution in [0, 0.1) is 13.8 Å². The fraction of sp³-hybridized carbons (Fsp3) is 0.294. The van der Waals surface area contributed by atoms with Gasteiger partial charge in [-0.1, -0.05) is 46.3 Å². The Hall–Kier alpha value is -1.12. The highest BCUT2D eigenvalue weighted by atomic mass is 79.9. The summed E-state index contributed by atoms with van der Waals surface area (Å²) in [6.45, 7) is 7.47. The topological polar surface area (TPSA) is 12.0 Å². The van der Waals surface area contributed by atoms with Crippen molar-refractivity contribution < 1.29 is 0 Å². The van der Waals surface area contributed by atoms with Gasteiger partial charge in [0.25, 0.3) is 0 Å². The molecule has 1 N–H and O–H groups in total. The minimum absolute atomic E-state index is 0.355. The van der Waals surface area contributed by atoms with Gasteiger partial charge in [0, 0.05) is 17.1 Å². The number of benzene rings is 2. The predicted molar refractivity (Wildman–Crippen MR) is 85.3 cm³/mol. The van der Waals surface area contributed by atoms with Gasteiger partial charge < -0.3 is 5.32 Å². The molecule has 0 fully saturated rings. The first-order valence-electron chi connectivity index (χ1n) is 6.62. The highest BCUT2D eigenvalue weighted by Gasteiger charge is 2.06. The molecule has 0 heterocycles. The third kappa shape index (κ3) is 3.68. The molecule has 1 atom stereocenters. The molecule has 100 valence electrons. The lowest BCUT2D eigenvalue weighted by Gasteiger charge is -2.16. The molecule has 1 nitrogen and oxygen atoms in total. The molecule has 0 saturated heterocycles. The minimum Gasteiger partial charge on any atom is -0.306 e. The van der Waals surface area contributed by atoms with E-state index in [-0.39, 0.29) is 0 Å². The van der Waals surface area contributed by atoms with Crippen molar-refractivity contribution in [3.63, 3.8) is 0 Å². The Kier molecular flexibility index (Phi) is 4.78. The van der Waals surface area contributed by atoms with Crippen molar-refractivity contribution in [2.24, 2.45) is 0 Å². The Balaban J connectivity index is 2.02. The SMILES string of the molecule is Cc1cccc(CNC(C)c2ccc(Br)cc2)c1C. The molecule has 0 amide bonds. The zero-order chi connectivity index (χ0) is 13.8. The summed E-state index contributed by atoms with van der Waals surface area (Å²) < 4.78 is 1.12. The van der Waals surface area contributed by atoms with Crippen LogP contribution in [0.25, 0.3) is 0 Å². The van der Waals surface area contributed by atoms with Crippen LogP contribution in [0.5, 0.6) is 0 Å². The summed E-state index contributed by atoms with van der Waals surface area (Å²) in [6.07, 6.45) is 0. The van der Waals surface area contributed by atoms with Crippen LogP contribution in [0.3, 0.4) is 0 Å².